The molecular formula is C21H30O4. The smallest absolute Gasteiger partial charge is 0.315 e. The molecule has 0 radical (unpaired) electrons. The Bertz CT molecular complexity index is 567. The van der Waals surface area contributed by atoms with Crippen LogP contribution in [-0.2, 0) is 14.3 Å². The predicted octanol–water partition coefficient (Wildman–Crippen LogP) is 4.83. The van der Waals surface area contributed by atoms with Crippen molar-refractivity contribution in [1.82, 2.24) is 0 Å². The van der Waals surface area contributed by atoms with E-state index in [0.717, 1.165) is 44.1 Å². The molecule has 1 aliphatic rings. The van der Waals surface area contributed by atoms with Gasteiger partial charge in [0.25, 0.3) is 0 Å². The van der Waals surface area contributed by atoms with Crippen molar-refractivity contribution in [2.75, 3.05) is 6.61 Å². The predicted molar refractivity (Wildman–Crippen MR) is 97.4 cm³/mol. The number of esters is 2. The third-order valence-electron chi connectivity index (χ3n) is 4.82. The molecule has 4 heteroatoms. The molecule has 0 aliphatic heterocycles. The van der Waals surface area contributed by atoms with Crippen LogP contribution in [-0.4, -0.2) is 18.5 Å². The van der Waals surface area contributed by atoms with Gasteiger partial charge >= 0.3 is 11.9 Å². The number of ether oxygens (including phenoxy) is 2. The molecule has 0 saturated heterocycles. The van der Waals surface area contributed by atoms with Crippen molar-refractivity contribution < 1.29 is 19.1 Å². The molecule has 1 saturated carbocycles. The fourth-order valence-corrected chi connectivity index (χ4v) is 3.37. The van der Waals surface area contributed by atoms with Crippen LogP contribution < -0.4 is 4.74 Å². The Morgan fingerprint density at radius 2 is 1.76 bits per heavy atom. The molecular weight excluding hydrogens is 316 g/mol. The average molecular weight is 346 g/mol. The van der Waals surface area contributed by atoms with Crippen LogP contribution in [0.5, 0.6) is 5.75 Å². The first kappa shape index (κ1) is 19.5. The number of aryl methyl sites for hydroxylation is 1. The fourth-order valence-electron chi connectivity index (χ4n) is 3.37. The zero-order valence-electron chi connectivity index (χ0n) is 15.5. The zero-order chi connectivity index (χ0) is 18.1. The van der Waals surface area contributed by atoms with Crippen LogP contribution in [0.3, 0.4) is 0 Å². The molecule has 2 unspecified atom stereocenters. The minimum Gasteiger partial charge on any atom is -0.465 e. The largest absolute Gasteiger partial charge is 0.465 e. The normalized spacial score (nSPS) is 20.1. The number of hydrogen-bond acceptors (Lipinski definition) is 4. The fraction of sp³-hybridized carbons (Fsp3) is 0.619. The van der Waals surface area contributed by atoms with Gasteiger partial charge < -0.3 is 9.47 Å². The second kappa shape index (κ2) is 10.2. The van der Waals surface area contributed by atoms with E-state index in [4.69, 9.17) is 9.47 Å². The zero-order valence-corrected chi connectivity index (χ0v) is 15.5. The minimum atomic E-state index is -0.391. The maximum absolute atomic E-state index is 12.6. The van der Waals surface area contributed by atoms with Crippen LogP contribution in [0, 0.1) is 18.8 Å². The first-order chi connectivity index (χ1) is 12.1. The molecule has 0 heterocycles. The van der Waals surface area contributed by atoms with Crippen molar-refractivity contribution in [2.24, 2.45) is 11.8 Å². The summed E-state index contributed by atoms with van der Waals surface area (Å²) in [5.74, 6) is -0.752. The van der Waals surface area contributed by atoms with Gasteiger partial charge in [0.1, 0.15) is 5.75 Å². The van der Waals surface area contributed by atoms with Crippen LogP contribution in [0.15, 0.2) is 24.3 Å². The van der Waals surface area contributed by atoms with Crippen LogP contribution >= 0.6 is 0 Å². The molecule has 0 N–H and O–H groups in total. The Morgan fingerprint density at radius 1 is 1.04 bits per heavy atom. The summed E-state index contributed by atoms with van der Waals surface area (Å²) in [6, 6.07) is 7.42. The summed E-state index contributed by atoms with van der Waals surface area (Å²) in [6.45, 7) is 4.56. The third-order valence-corrected chi connectivity index (χ3v) is 4.82. The topological polar surface area (TPSA) is 52.6 Å². The van der Waals surface area contributed by atoms with Gasteiger partial charge in [-0.2, -0.15) is 0 Å². The summed E-state index contributed by atoms with van der Waals surface area (Å²) in [4.78, 5) is 25.0. The minimum absolute atomic E-state index is 0.234. The van der Waals surface area contributed by atoms with E-state index in [9.17, 15) is 9.59 Å². The van der Waals surface area contributed by atoms with Crippen LogP contribution in [0.1, 0.15) is 63.9 Å². The first-order valence-electron chi connectivity index (χ1n) is 9.56. The Morgan fingerprint density at radius 3 is 2.44 bits per heavy atom. The summed E-state index contributed by atoms with van der Waals surface area (Å²) < 4.78 is 11.0. The van der Waals surface area contributed by atoms with Gasteiger partial charge in [0, 0.05) is 0 Å². The van der Waals surface area contributed by atoms with E-state index in [1.54, 1.807) is 6.07 Å². The Balaban J connectivity index is 1.90. The monoisotopic (exact) mass is 346 g/mol. The highest BCUT2D eigenvalue weighted by Crippen LogP contribution is 2.32. The number of benzene rings is 1. The molecule has 0 spiro atoms. The highest BCUT2D eigenvalue weighted by atomic mass is 16.5. The van der Waals surface area contributed by atoms with Crippen molar-refractivity contribution >= 4 is 11.9 Å². The Labute approximate surface area is 150 Å². The van der Waals surface area contributed by atoms with Crippen LogP contribution in [0.4, 0.5) is 0 Å². The number of carbonyl (C=O) groups is 2. The lowest BCUT2D eigenvalue weighted by Crippen LogP contribution is -2.36. The maximum atomic E-state index is 12.6. The second-order valence-corrected chi connectivity index (χ2v) is 6.96. The molecule has 2 atom stereocenters. The van der Waals surface area contributed by atoms with Crippen LogP contribution in [0.25, 0.3) is 0 Å². The molecule has 1 aromatic carbocycles. The summed E-state index contributed by atoms with van der Waals surface area (Å²) in [5, 5.41) is 0. The van der Waals surface area contributed by atoms with Crippen molar-refractivity contribution in [1.29, 1.82) is 0 Å². The Hall–Kier alpha value is -1.84. The van der Waals surface area contributed by atoms with E-state index in [1.807, 2.05) is 25.1 Å². The molecule has 2 rings (SSSR count). The summed E-state index contributed by atoms with van der Waals surface area (Å²) in [6.07, 6.45) is 7.60. The van der Waals surface area contributed by atoms with Gasteiger partial charge in [-0.15, -0.1) is 0 Å². The molecule has 1 aromatic rings. The summed E-state index contributed by atoms with van der Waals surface area (Å²) >= 11 is 0. The lowest BCUT2D eigenvalue weighted by atomic mass is 9.79. The molecule has 1 fully saturated rings. The van der Waals surface area contributed by atoms with Gasteiger partial charge in [0.15, 0.2) is 0 Å². The lowest BCUT2D eigenvalue weighted by Gasteiger charge is -2.28. The highest BCUT2D eigenvalue weighted by molar-refractivity contribution is 5.83. The van der Waals surface area contributed by atoms with Gasteiger partial charge in [0.05, 0.1) is 18.4 Å². The van der Waals surface area contributed by atoms with Crippen molar-refractivity contribution in [3.05, 3.63) is 29.8 Å². The third kappa shape index (κ3) is 6.18. The molecule has 1 aliphatic carbocycles. The van der Waals surface area contributed by atoms with Gasteiger partial charge in [-0.05, 0) is 43.9 Å². The Kier molecular flexibility index (Phi) is 7.96. The van der Waals surface area contributed by atoms with E-state index in [-0.39, 0.29) is 17.9 Å². The van der Waals surface area contributed by atoms with Gasteiger partial charge in [0.2, 0.25) is 0 Å². The van der Waals surface area contributed by atoms with Crippen molar-refractivity contribution in [2.45, 2.75) is 65.2 Å². The van der Waals surface area contributed by atoms with E-state index in [0.29, 0.717) is 25.2 Å². The van der Waals surface area contributed by atoms with Crippen molar-refractivity contribution in [3.8, 4) is 5.75 Å². The van der Waals surface area contributed by atoms with E-state index < -0.39 is 5.92 Å². The molecule has 0 amide bonds. The molecule has 25 heavy (non-hydrogen) atoms. The molecule has 4 nitrogen and oxygen atoms in total. The number of rotatable bonds is 8. The van der Waals surface area contributed by atoms with Crippen LogP contribution in [0.2, 0.25) is 0 Å². The molecule has 138 valence electrons. The van der Waals surface area contributed by atoms with E-state index in [1.165, 1.54) is 0 Å². The number of hydrogen-bond donors (Lipinski definition) is 0. The second-order valence-electron chi connectivity index (χ2n) is 6.96. The number of unbranched alkanes of at least 4 members (excludes halogenated alkanes) is 3. The van der Waals surface area contributed by atoms with Gasteiger partial charge in [-0.25, -0.2) is 0 Å². The highest BCUT2D eigenvalue weighted by Gasteiger charge is 2.38. The van der Waals surface area contributed by atoms with Crippen molar-refractivity contribution in [3.63, 3.8) is 0 Å². The quantitative estimate of drug-likeness (QED) is 0.384. The maximum Gasteiger partial charge on any atom is 0.315 e. The van der Waals surface area contributed by atoms with Gasteiger partial charge in [-0.1, -0.05) is 51.2 Å². The van der Waals surface area contributed by atoms with Gasteiger partial charge in [-0.3, -0.25) is 9.59 Å². The van der Waals surface area contributed by atoms with E-state index >= 15 is 0 Å². The summed E-state index contributed by atoms with van der Waals surface area (Å²) in [5.41, 5.74) is 1.04. The standard InChI is InChI=1S/C21H30O4/c1-3-4-5-8-14-24-20(22)18-12-6-7-13-19(18)21(23)25-17-11-9-10-16(2)15-17/h9-11,15,18-19H,3-8,12-14H2,1-2H3. The lowest BCUT2D eigenvalue weighted by molar-refractivity contribution is -0.158. The molecule has 0 bridgehead atoms. The number of carbonyl (C=O) groups excluding carboxylic acids is 2. The van der Waals surface area contributed by atoms with E-state index in [2.05, 4.69) is 6.92 Å². The first-order valence-corrected chi connectivity index (χ1v) is 9.56. The molecule has 0 aromatic heterocycles. The SMILES string of the molecule is CCCCCCOC(=O)C1CCCCC1C(=O)Oc1cccc(C)c1. The summed E-state index contributed by atoms with van der Waals surface area (Å²) in [7, 11) is 0. The average Bonchev–Trinajstić information content (AvgIpc) is 2.61.